The Hall–Kier alpha value is -1.81. The number of pyridine rings is 1. The van der Waals surface area contributed by atoms with Crippen molar-refractivity contribution in [2.75, 3.05) is 36.9 Å². The molecule has 0 atom stereocenters. The molecule has 4 heteroatoms. The maximum absolute atomic E-state index is 6.39. The van der Waals surface area contributed by atoms with Gasteiger partial charge in [-0.1, -0.05) is 0 Å². The van der Waals surface area contributed by atoms with Crippen molar-refractivity contribution in [3.63, 3.8) is 0 Å². The van der Waals surface area contributed by atoms with Crippen LogP contribution in [0, 0.1) is 0 Å². The number of nitrogens with zero attached hydrogens (tertiary/aromatic N) is 2. The molecular weight excluding hydrogens is 250 g/mol. The maximum Gasteiger partial charge on any atom is 0.0727 e. The van der Waals surface area contributed by atoms with Crippen LogP contribution in [0.25, 0.3) is 10.9 Å². The van der Waals surface area contributed by atoms with E-state index in [1.165, 1.54) is 23.4 Å². The zero-order chi connectivity index (χ0) is 13.5. The minimum absolute atomic E-state index is 0.802. The summed E-state index contributed by atoms with van der Waals surface area (Å²) < 4.78 is 5.41. The van der Waals surface area contributed by atoms with E-state index >= 15 is 0 Å². The van der Waals surface area contributed by atoms with E-state index in [1.807, 2.05) is 0 Å². The van der Waals surface area contributed by atoms with Crippen molar-refractivity contribution in [2.45, 2.75) is 19.3 Å². The van der Waals surface area contributed by atoms with Gasteiger partial charge in [0.1, 0.15) is 0 Å². The number of aryl methyl sites for hydroxylation is 1. The largest absolute Gasteiger partial charge is 0.398 e. The molecule has 104 valence electrons. The molecule has 2 aromatic rings. The smallest absolute Gasteiger partial charge is 0.0727 e. The van der Waals surface area contributed by atoms with Crippen LogP contribution in [0.3, 0.4) is 0 Å². The molecule has 4 rings (SSSR count). The number of nitrogens with two attached hydrogens (primary N) is 1. The first kappa shape index (κ1) is 12.0. The van der Waals surface area contributed by atoms with Gasteiger partial charge in [0, 0.05) is 35.5 Å². The van der Waals surface area contributed by atoms with Gasteiger partial charge in [-0.05, 0) is 43.0 Å². The van der Waals surface area contributed by atoms with Gasteiger partial charge in [0.25, 0.3) is 0 Å². The molecule has 4 nitrogen and oxygen atoms in total. The van der Waals surface area contributed by atoms with Gasteiger partial charge in [-0.25, -0.2) is 0 Å². The van der Waals surface area contributed by atoms with Crippen molar-refractivity contribution in [1.82, 2.24) is 4.98 Å². The number of rotatable bonds is 1. The normalized spacial score (nSPS) is 18.5. The second-order valence-corrected chi connectivity index (χ2v) is 5.61. The molecule has 0 amide bonds. The zero-order valence-corrected chi connectivity index (χ0v) is 11.6. The van der Waals surface area contributed by atoms with Crippen LogP contribution >= 0.6 is 0 Å². The third kappa shape index (κ3) is 1.83. The quantitative estimate of drug-likeness (QED) is 0.862. The van der Waals surface area contributed by atoms with E-state index in [0.717, 1.165) is 55.7 Å². The van der Waals surface area contributed by atoms with E-state index in [2.05, 4.69) is 23.1 Å². The first-order valence-corrected chi connectivity index (χ1v) is 7.36. The molecule has 2 N–H and O–H groups in total. The summed E-state index contributed by atoms with van der Waals surface area (Å²) in [5, 5.41) is 1.11. The Morgan fingerprint density at radius 1 is 1.15 bits per heavy atom. The minimum atomic E-state index is 0.802. The van der Waals surface area contributed by atoms with Gasteiger partial charge >= 0.3 is 0 Å². The van der Waals surface area contributed by atoms with Crippen LogP contribution in [-0.2, 0) is 17.6 Å². The zero-order valence-electron chi connectivity index (χ0n) is 11.6. The lowest BCUT2D eigenvalue weighted by atomic mass is 10.1. The number of ether oxygens (including phenoxy) is 1. The Balaban J connectivity index is 1.82. The molecular formula is C16H19N3O. The van der Waals surface area contributed by atoms with Crippen LogP contribution in [-0.4, -0.2) is 31.3 Å². The van der Waals surface area contributed by atoms with Gasteiger partial charge in [0.2, 0.25) is 0 Å². The number of aromatic nitrogens is 1. The summed E-state index contributed by atoms with van der Waals surface area (Å²) in [5.74, 6) is 0. The predicted octanol–water partition coefficient (Wildman–Crippen LogP) is 2.14. The highest BCUT2D eigenvalue weighted by molar-refractivity contribution is 5.94. The van der Waals surface area contributed by atoms with Crippen molar-refractivity contribution in [3.8, 4) is 0 Å². The number of fused-ring (bicyclic) bond motifs is 2. The minimum Gasteiger partial charge on any atom is -0.398 e. The van der Waals surface area contributed by atoms with E-state index in [0.29, 0.717) is 0 Å². The summed E-state index contributed by atoms with van der Waals surface area (Å²) in [5.41, 5.74) is 12.1. The molecule has 1 aromatic carbocycles. The third-order valence-electron chi connectivity index (χ3n) is 4.42. The summed E-state index contributed by atoms with van der Waals surface area (Å²) in [4.78, 5) is 7.14. The maximum atomic E-state index is 6.39. The number of nitrogen functional groups attached to an aromatic ring is 1. The molecule has 0 radical (unpaired) electrons. The molecule has 1 aliphatic carbocycles. The average Bonchev–Trinajstić information content (AvgIpc) is 2.97. The number of anilines is 2. The standard InChI is InChI=1S/C16H19N3O/c17-16-12-2-1-3-14(12)18-15-5-4-11(10-13(15)16)19-6-8-20-9-7-19/h4-5,10H,1-3,6-9H2,(H2,17,18). The van der Waals surface area contributed by atoms with Gasteiger partial charge < -0.3 is 15.4 Å². The molecule has 0 unspecified atom stereocenters. The van der Waals surface area contributed by atoms with E-state index < -0.39 is 0 Å². The summed E-state index contributed by atoms with van der Waals surface area (Å²) in [6.07, 6.45) is 3.33. The monoisotopic (exact) mass is 269 g/mol. The summed E-state index contributed by atoms with van der Waals surface area (Å²) in [7, 11) is 0. The topological polar surface area (TPSA) is 51.4 Å². The molecule has 0 bridgehead atoms. The fourth-order valence-electron chi connectivity index (χ4n) is 3.30. The van der Waals surface area contributed by atoms with Gasteiger partial charge in [0.05, 0.1) is 18.7 Å². The highest BCUT2D eigenvalue weighted by Crippen LogP contribution is 2.33. The fraction of sp³-hybridized carbons (Fsp3) is 0.438. The Morgan fingerprint density at radius 3 is 2.85 bits per heavy atom. The number of morpholine rings is 1. The van der Waals surface area contributed by atoms with Crippen LogP contribution in [0.1, 0.15) is 17.7 Å². The molecule has 20 heavy (non-hydrogen) atoms. The Bertz CT molecular complexity index is 662. The third-order valence-corrected chi connectivity index (χ3v) is 4.42. The van der Waals surface area contributed by atoms with Gasteiger partial charge in [0.15, 0.2) is 0 Å². The van der Waals surface area contributed by atoms with Crippen LogP contribution < -0.4 is 10.6 Å². The van der Waals surface area contributed by atoms with Crippen LogP contribution in [0.4, 0.5) is 11.4 Å². The van der Waals surface area contributed by atoms with Crippen LogP contribution in [0.15, 0.2) is 18.2 Å². The lowest BCUT2D eigenvalue weighted by Gasteiger charge is -2.29. The Morgan fingerprint density at radius 2 is 2.00 bits per heavy atom. The molecule has 0 spiro atoms. The van der Waals surface area contributed by atoms with Crippen molar-refractivity contribution in [1.29, 1.82) is 0 Å². The fourth-order valence-corrected chi connectivity index (χ4v) is 3.30. The van der Waals surface area contributed by atoms with Crippen molar-refractivity contribution < 1.29 is 4.74 Å². The van der Waals surface area contributed by atoms with E-state index in [-0.39, 0.29) is 0 Å². The summed E-state index contributed by atoms with van der Waals surface area (Å²) >= 11 is 0. The SMILES string of the molecule is Nc1c2c(nc3ccc(N4CCOCC4)cc13)CCC2. The summed E-state index contributed by atoms with van der Waals surface area (Å²) in [6.45, 7) is 3.50. The van der Waals surface area contributed by atoms with Crippen molar-refractivity contribution >= 4 is 22.3 Å². The highest BCUT2D eigenvalue weighted by Gasteiger charge is 2.19. The van der Waals surface area contributed by atoms with Crippen LogP contribution in [0.2, 0.25) is 0 Å². The van der Waals surface area contributed by atoms with Crippen LogP contribution in [0.5, 0.6) is 0 Å². The molecule has 2 heterocycles. The molecule has 1 saturated heterocycles. The number of benzene rings is 1. The molecule has 0 saturated carbocycles. The molecule has 1 aromatic heterocycles. The van der Waals surface area contributed by atoms with E-state index in [9.17, 15) is 0 Å². The second-order valence-electron chi connectivity index (χ2n) is 5.61. The van der Waals surface area contributed by atoms with Gasteiger partial charge in [-0.2, -0.15) is 0 Å². The molecule has 1 aliphatic heterocycles. The highest BCUT2D eigenvalue weighted by atomic mass is 16.5. The van der Waals surface area contributed by atoms with Gasteiger partial charge in [-0.3, -0.25) is 4.98 Å². The Kier molecular flexibility index (Phi) is 2.77. The lowest BCUT2D eigenvalue weighted by Crippen LogP contribution is -2.36. The van der Waals surface area contributed by atoms with E-state index in [1.54, 1.807) is 0 Å². The lowest BCUT2D eigenvalue weighted by molar-refractivity contribution is 0.122. The molecule has 1 fully saturated rings. The van der Waals surface area contributed by atoms with E-state index in [4.69, 9.17) is 15.5 Å². The second kappa shape index (κ2) is 4.63. The molecule has 2 aliphatic rings. The first-order chi connectivity index (χ1) is 9.83. The number of hydrogen-bond acceptors (Lipinski definition) is 4. The average molecular weight is 269 g/mol. The van der Waals surface area contributed by atoms with Crippen molar-refractivity contribution in [2.24, 2.45) is 0 Å². The first-order valence-electron chi connectivity index (χ1n) is 7.36. The van der Waals surface area contributed by atoms with Crippen molar-refractivity contribution in [3.05, 3.63) is 29.5 Å². The summed E-state index contributed by atoms with van der Waals surface area (Å²) in [6, 6.07) is 6.46. The predicted molar refractivity (Wildman–Crippen MR) is 81.2 cm³/mol. The Labute approximate surface area is 118 Å². The number of hydrogen-bond donors (Lipinski definition) is 1. The van der Waals surface area contributed by atoms with Gasteiger partial charge in [-0.15, -0.1) is 0 Å².